The van der Waals surface area contributed by atoms with Gasteiger partial charge >= 0.3 is 0 Å². The Bertz CT molecular complexity index is 729. The third kappa shape index (κ3) is 2.14. The Balaban J connectivity index is 1.75. The first-order valence-corrected chi connectivity index (χ1v) is 7.76. The molecule has 0 radical (unpaired) electrons. The molecule has 4 heteroatoms. The van der Waals surface area contributed by atoms with Gasteiger partial charge in [0.25, 0.3) is 5.56 Å². The van der Waals surface area contributed by atoms with Gasteiger partial charge in [-0.05, 0) is 49.9 Å². The molecule has 1 aromatic carbocycles. The summed E-state index contributed by atoms with van der Waals surface area (Å²) in [7, 11) is 0. The molecule has 5 rings (SSSR count). The first kappa shape index (κ1) is 12.9. The van der Waals surface area contributed by atoms with E-state index in [0.29, 0.717) is 5.92 Å². The van der Waals surface area contributed by atoms with Gasteiger partial charge in [0.2, 0.25) is 0 Å². The molecule has 0 amide bonds. The molecule has 1 aromatic heterocycles. The summed E-state index contributed by atoms with van der Waals surface area (Å²) in [5.41, 5.74) is 0.751. The number of hydrogen-bond donors (Lipinski definition) is 1. The minimum atomic E-state index is -0.0948. The van der Waals surface area contributed by atoms with E-state index < -0.39 is 0 Å². The first-order valence-electron chi connectivity index (χ1n) is 7.76. The number of nitrogens with zero attached hydrogens (tertiary/aromatic N) is 2. The Hall–Kier alpha value is -1.81. The van der Waals surface area contributed by atoms with Crippen molar-refractivity contribution in [2.75, 3.05) is 19.6 Å². The monoisotopic (exact) mass is 284 g/mol. The van der Waals surface area contributed by atoms with Crippen molar-refractivity contribution in [2.24, 2.45) is 11.8 Å². The van der Waals surface area contributed by atoms with Crippen LogP contribution in [0.25, 0.3) is 10.9 Å². The van der Waals surface area contributed by atoms with Gasteiger partial charge in [-0.3, -0.25) is 4.79 Å². The Morgan fingerprint density at radius 1 is 1.19 bits per heavy atom. The molecule has 2 aromatic rings. The number of aromatic nitrogens is 1. The molecule has 0 saturated carbocycles. The summed E-state index contributed by atoms with van der Waals surface area (Å²) >= 11 is 0. The topological polar surface area (TPSA) is 45.5 Å². The zero-order valence-electron chi connectivity index (χ0n) is 12.0. The Morgan fingerprint density at radius 3 is 2.67 bits per heavy atom. The molecule has 0 aliphatic carbocycles. The van der Waals surface area contributed by atoms with Crippen LogP contribution in [0.3, 0.4) is 0 Å². The third-order valence-electron chi connectivity index (χ3n) is 5.21. The molecule has 1 N–H and O–H groups in total. The fraction of sp³-hybridized carbons (Fsp3) is 0.471. The van der Waals surface area contributed by atoms with Crippen LogP contribution >= 0.6 is 0 Å². The van der Waals surface area contributed by atoms with E-state index in [0.717, 1.165) is 29.9 Å². The number of aromatic hydroxyl groups is 1. The van der Waals surface area contributed by atoms with E-state index in [4.69, 9.17) is 0 Å². The highest BCUT2D eigenvalue weighted by Gasteiger charge is 2.34. The molecule has 1 atom stereocenters. The molecular formula is C17H20N2O2. The van der Waals surface area contributed by atoms with Crippen molar-refractivity contribution in [3.63, 3.8) is 0 Å². The molecule has 1 unspecified atom stereocenters. The van der Waals surface area contributed by atoms with E-state index in [2.05, 4.69) is 4.90 Å². The summed E-state index contributed by atoms with van der Waals surface area (Å²) in [6.07, 6.45) is 2.52. The molecular weight excluding hydrogens is 264 g/mol. The molecule has 0 spiro atoms. The van der Waals surface area contributed by atoms with Crippen LogP contribution in [0.4, 0.5) is 0 Å². The second-order valence-electron chi connectivity index (χ2n) is 6.39. The Labute approximate surface area is 123 Å². The minimum absolute atomic E-state index is 0.0840. The van der Waals surface area contributed by atoms with E-state index >= 15 is 0 Å². The van der Waals surface area contributed by atoms with Gasteiger partial charge < -0.3 is 14.6 Å². The van der Waals surface area contributed by atoms with E-state index in [9.17, 15) is 9.90 Å². The van der Waals surface area contributed by atoms with Gasteiger partial charge in [-0.15, -0.1) is 0 Å². The highest BCUT2D eigenvalue weighted by molar-refractivity contribution is 5.84. The van der Waals surface area contributed by atoms with Gasteiger partial charge in [0.1, 0.15) is 5.75 Å². The maximum Gasteiger partial charge on any atom is 0.254 e. The molecule has 2 bridgehead atoms. The molecule has 110 valence electrons. The molecule has 3 fully saturated rings. The van der Waals surface area contributed by atoms with Gasteiger partial charge in [-0.1, -0.05) is 12.1 Å². The molecule has 3 saturated heterocycles. The van der Waals surface area contributed by atoms with Crippen molar-refractivity contribution in [1.29, 1.82) is 0 Å². The van der Waals surface area contributed by atoms with Crippen molar-refractivity contribution in [2.45, 2.75) is 19.4 Å². The van der Waals surface area contributed by atoms with Crippen LogP contribution in [0.5, 0.6) is 5.75 Å². The maximum atomic E-state index is 12.3. The standard InChI is InChI=1S/C17H20N2O2/c20-16-9-17(21)19(15-4-2-1-3-14(15)16)11-13-10-18-7-5-12(13)6-8-18/h1-4,9,12-13,20H,5-8,10-11H2. The minimum Gasteiger partial charge on any atom is -0.507 e. The van der Waals surface area contributed by atoms with Crippen molar-refractivity contribution < 1.29 is 5.11 Å². The number of benzene rings is 1. The van der Waals surface area contributed by atoms with Crippen LogP contribution in [0.1, 0.15) is 12.8 Å². The highest BCUT2D eigenvalue weighted by Crippen LogP contribution is 2.33. The SMILES string of the molecule is O=c1cc(O)c2ccccc2n1CC1CN2CCC1CC2. The third-order valence-corrected chi connectivity index (χ3v) is 5.21. The Kier molecular flexibility index (Phi) is 3.00. The van der Waals surface area contributed by atoms with Crippen molar-refractivity contribution in [1.82, 2.24) is 9.47 Å². The zero-order chi connectivity index (χ0) is 14.4. The predicted octanol–water partition coefficient (Wildman–Crippen LogP) is 2.05. The lowest BCUT2D eigenvalue weighted by molar-refractivity contribution is 0.0424. The summed E-state index contributed by atoms with van der Waals surface area (Å²) in [6, 6.07) is 8.97. The quantitative estimate of drug-likeness (QED) is 0.918. The van der Waals surface area contributed by atoms with Gasteiger partial charge in [0, 0.05) is 24.5 Å². The fourth-order valence-electron chi connectivity index (χ4n) is 4.03. The average molecular weight is 284 g/mol. The summed E-state index contributed by atoms with van der Waals surface area (Å²) < 4.78 is 1.85. The van der Waals surface area contributed by atoms with E-state index in [1.54, 1.807) is 0 Å². The lowest BCUT2D eigenvalue weighted by atomic mass is 9.79. The van der Waals surface area contributed by atoms with Gasteiger partial charge in [0.05, 0.1) is 5.52 Å². The van der Waals surface area contributed by atoms with Crippen molar-refractivity contribution in [3.05, 3.63) is 40.7 Å². The van der Waals surface area contributed by atoms with Crippen LogP contribution in [-0.2, 0) is 6.54 Å². The van der Waals surface area contributed by atoms with E-state index in [-0.39, 0.29) is 11.3 Å². The molecule has 21 heavy (non-hydrogen) atoms. The summed E-state index contributed by atoms with van der Waals surface area (Å²) in [5.74, 6) is 1.38. The number of piperidine rings is 3. The summed E-state index contributed by atoms with van der Waals surface area (Å²) in [6.45, 7) is 4.30. The van der Waals surface area contributed by atoms with Crippen molar-refractivity contribution >= 4 is 10.9 Å². The second-order valence-corrected chi connectivity index (χ2v) is 6.39. The number of rotatable bonds is 2. The zero-order valence-corrected chi connectivity index (χ0v) is 12.0. The average Bonchev–Trinajstić information content (AvgIpc) is 2.53. The van der Waals surface area contributed by atoms with E-state index in [1.807, 2.05) is 28.8 Å². The summed E-state index contributed by atoms with van der Waals surface area (Å²) in [4.78, 5) is 14.8. The predicted molar refractivity (Wildman–Crippen MR) is 82.5 cm³/mol. The molecule has 4 heterocycles. The number of hydrogen-bond acceptors (Lipinski definition) is 3. The summed E-state index contributed by atoms with van der Waals surface area (Å²) in [5, 5.41) is 10.7. The Morgan fingerprint density at radius 2 is 1.95 bits per heavy atom. The second kappa shape index (κ2) is 4.88. The molecule has 4 nitrogen and oxygen atoms in total. The highest BCUT2D eigenvalue weighted by atomic mass is 16.3. The van der Waals surface area contributed by atoms with Crippen molar-refractivity contribution in [3.8, 4) is 5.75 Å². The number of fused-ring (bicyclic) bond motifs is 4. The number of pyridine rings is 1. The molecule has 3 aliphatic rings. The lowest BCUT2D eigenvalue weighted by Crippen LogP contribution is -2.49. The smallest absolute Gasteiger partial charge is 0.254 e. The number of para-hydroxylation sites is 1. The van der Waals surface area contributed by atoms with E-state index in [1.165, 1.54) is 32.0 Å². The lowest BCUT2D eigenvalue weighted by Gasteiger charge is -2.45. The van der Waals surface area contributed by atoms with Gasteiger partial charge in [0.15, 0.2) is 0 Å². The molecule has 3 aliphatic heterocycles. The fourth-order valence-corrected chi connectivity index (χ4v) is 4.03. The van der Waals surface area contributed by atoms with Crippen LogP contribution in [0.2, 0.25) is 0 Å². The maximum absolute atomic E-state index is 12.3. The van der Waals surface area contributed by atoms with Crippen LogP contribution < -0.4 is 5.56 Å². The first-order chi connectivity index (χ1) is 10.2. The largest absolute Gasteiger partial charge is 0.507 e. The van der Waals surface area contributed by atoms with Gasteiger partial charge in [-0.2, -0.15) is 0 Å². The van der Waals surface area contributed by atoms with Crippen LogP contribution in [0.15, 0.2) is 35.1 Å². The normalized spacial score (nSPS) is 28.1. The van der Waals surface area contributed by atoms with Crippen LogP contribution in [-0.4, -0.2) is 34.2 Å². The van der Waals surface area contributed by atoms with Gasteiger partial charge in [-0.25, -0.2) is 0 Å². The van der Waals surface area contributed by atoms with Crippen LogP contribution in [0, 0.1) is 11.8 Å².